The minimum absolute atomic E-state index is 0.446. The molecule has 2 saturated carbocycles. The van der Waals surface area contributed by atoms with Crippen LogP contribution in [0.5, 0.6) is 0 Å². The van der Waals surface area contributed by atoms with E-state index in [9.17, 15) is 0 Å². The molecule has 2 fully saturated rings. The standard InChI is InChI=1S/C16H22ClN3/c17-15-7-2-1-6-14(15)12-8-13(9-12)20-16(18)19-10-11-4-3-5-11/h1-2,6-7,11-13H,3-5,8-10H2,(H3,18,19,20). The van der Waals surface area contributed by atoms with Gasteiger partial charge in [0.2, 0.25) is 0 Å². The number of nitrogens with zero attached hydrogens (tertiary/aromatic N) is 1. The number of aliphatic imine (C=N–C) groups is 1. The van der Waals surface area contributed by atoms with Crippen LogP contribution in [0.25, 0.3) is 0 Å². The first-order valence-electron chi connectivity index (χ1n) is 7.53. The van der Waals surface area contributed by atoms with Crippen molar-refractivity contribution in [2.24, 2.45) is 16.6 Å². The lowest BCUT2D eigenvalue weighted by atomic mass is 9.76. The van der Waals surface area contributed by atoms with Gasteiger partial charge < -0.3 is 11.1 Å². The topological polar surface area (TPSA) is 50.4 Å². The van der Waals surface area contributed by atoms with Crippen LogP contribution in [0.2, 0.25) is 5.02 Å². The molecule has 1 aromatic carbocycles. The lowest BCUT2D eigenvalue weighted by Gasteiger charge is -2.37. The van der Waals surface area contributed by atoms with Crippen LogP contribution in [0, 0.1) is 5.92 Å². The Morgan fingerprint density at radius 2 is 2.05 bits per heavy atom. The van der Waals surface area contributed by atoms with Crippen LogP contribution in [0.3, 0.4) is 0 Å². The summed E-state index contributed by atoms with van der Waals surface area (Å²) in [5.41, 5.74) is 7.20. The molecule has 0 saturated heterocycles. The molecule has 108 valence electrons. The molecule has 0 heterocycles. The summed E-state index contributed by atoms with van der Waals surface area (Å²) < 4.78 is 0. The van der Waals surface area contributed by atoms with Gasteiger partial charge >= 0.3 is 0 Å². The van der Waals surface area contributed by atoms with Gasteiger partial charge in [-0.25, -0.2) is 0 Å². The van der Waals surface area contributed by atoms with Gasteiger partial charge in [-0.1, -0.05) is 36.2 Å². The molecule has 0 radical (unpaired) electrons. The van der Waals surface area contributed by atoms with Crippen molar-refractivity contribution >= 4 is 17.6 Å². The van der Waals surface area contributed by atoms with Crippen molar-refractivity contribution in [1.82, 2.24) is 5.32 Å². The number of guanidine groups is 1. The molecule has 3 N–H and O–H groups in total. The average molecular weight is 292 g/mol. The van der Waals surface area contributed by atoms with Gasteiger partial charge in [-0.3, -0.25) is 4.99 Å². The van der Waals surface area contributed by atoms with Crippen molar-refractivity contribution in [2.45, 2.75) is 44.1 Å². The molecule has 4 heteroatoms. The first-order chi connectivity index (χ1) is 9.72. The number of nitrogens with one attached hydrogen (secondary N) is 1. The van der Waals surface area contributed by atoms with Crippen molar-refractivity contribution in [3.8, 4) is 0 Å². The van der Waals surface area contributed by atoms with E-state index in [1.54, 1.807) is 0 Å². The van der Waals surface area contributed by atoms with Crippen LogP contribution in [-0.2, 0) is 0 Å². The Morgan fingerprint density at radius 3 is 2.70 bits per heavy atom. The van der Waals surface area contributed by atoms with Gasteiger partial charge in [0, 0.05) is 17.6 Å². The molecule has 1 aromatic rings. The van der Waals surface area contributed by atoms with Crippen molar-refractivity contribution in [3.05, 3.63) is 34.9 Å². The molecule has 0 atom stereocenters. The average Bonchev–Trinajstić information content (AvgIpc) is 2.33. The Labute approximate surface area is 125 Å². The van der Waals surface area contributed by atoms with Crippen molar-refractivity contribution in [2.75, 3.05) is 6.54 Å². The normalized spacial score (nSPS) is 26.8. The number of benzene rings is 1. The fourth-order valence-corrected chi connectivity index (χ4v) is 3.24. The highest BCUT2D eigenvalue weighted by molar-refractivity contribution is 6.31. The fraction of sp³-hybridized carbons (Fsp3) is 0.562. The van der Waals surface area contributed by atoms with Gasteiger partial charge in [-0.05, 0) is 49.1 Å². The molecule has 0 aromatic heterocycles. The van der Waals surface area contributed by atoms with Crippen LogP contribution in [-0.4, -0.2) is 18.5 Å². The van der Waals surface area contributed by atoms with Crippen LogP contribution < -0.4 is 11.1 Å². The molecule has 0 bridgehead atoms. The van der Waals surface area contributed by atoms with Gasteiger partial charge in [-0.2, -0.15) is 0 Å². The zero-order chi connectivity index (χ0) is 13.9. The van der Waals surface area contributed by atoms with E-state index in [2.05, 4.69) is 22.4 Å². The van der Waals surface area contributed by atoms with Crippen molar-refractivity contribution in [3.63, 3.8) is 0 Å². The summed E-state index contributed by atoms with van der Waals surface area (Å²) >= 11 is 6.22. The Hall–Kier alpha value is -1.22. The van der Waals surface area contributed by atoms with E-state index >= 15 is 0 Å². The summed E-state index contributed by atoms with van der Waals surface area (Å²) in [6, 6.07) is 8.56. The molecule has 0 unspecified atom stereocenters. The van der Waals surface area contributed by atoms with Crippen LogP contribution in [0.15, 0.2) is 29.3 Å². The van der Waals surface area contributed by atoms with Crippen LogP contribution >= 0.6 is 11.6 Å². The molecule has 3 nitrogen and oxygen atoms in total. The van der Waals surface area contributed by atoms with E-state index in [4.69, 9.17) is 17.3 Å². The van der Waals surface area contributed by atoms with E-state index in [1.807, 2.05) is 12.1 Å². The molecule has 3 rings (SSSR count). The van der Waals surface area contributed by atoms with E-state index in [0.29, 0.717) is 17.9 Å². The maximum absolute atomic E-state index is 6.22. The number of halogens is 1. The number of rotatable bonds is 4. The number of hydrogen-bond donors (Lipinski definition) is 2. The highest BCUT2D eigenvalue weighted by Crippen LogP contribution is 2.39. The van der Waals surface area contributed by atoms with Gasteiger partial charge in [0.15, 0.2) is 5.96 Å². The predicted octanol–water partition coefficient (Wildman–Crippen LogP) is 3.29. The summed E-state index contributed by atoms with van der Waals surface area (Å²) in [7, 11) is 0. The molecule has 2 aliphatic carbocycles. The SMILES string of the molecule is NC(=NCC1CCC1)NC1CC(c2ccccc2Cl)C1. The Morgan fingerprint density at radius 1 is 1.30 bits per heavy atom. The van der Waals surface area contributed by atoms with Crippen molar-refractivity contribution < 1.29 is 0 Å². The molecule has 0 spiro atoms. The van der Waals surface area contributed by atoms with Gasteiger partial charge in [0.1, 0.15) is 0 Å². The zero-order valence-electron chi connectivity index (χ0n) is 11.7. The van der Waals surface area contributed by atoms with Crippen LogP contribution in [0.4, 0.5) is 0 Å². The quantitative estimate of drug-likeness (QED) is 0.661. The minimum Gasteiger partial charge on any atom is -0.370 e. The second kappa shape index (κ2) is 6.04. The monoisotopic (exact) mass is 291 g/mol. The minimum atomic E-state index is 0.446. The lowest BCUT2D eigenvalue weighted by molar-refractivity contribution is 0.317. The van der Waals surface area contributed by atoms with Crippen molar-refractivity contribution in [1.29, 1.82) is 0 Å². The molecule has 20 heavy (non-hydrogen) atoms. The van der Waals surface area contributed by atoms with E-state index in [1.165, 1.54) is 24.8 Å². The molecule has 2 aliphatic rings. The predicted molar refractivity (Wildman–Crippen MR) is 84.2 cm³/mol. The third-order valence-electron chi connectivity index (χ3n) is 4.58. The first-order valence-corrected chi connectivity index (χ1v) is 7.91. The summed E-state index contributed by atoms with van der Waals surface area (Å²) in [5.74, 6) is 1.94. The highest BCUT2D eigenvalue weighted by Gasteiger charge is 2.31. The van der Waals surface area contributed by atoms with E-state index in [-0.39, 0.29) is 0 Å². The Bertz CT molecular complexity index is 490. The maximum atomic E-state index is 6.22. The van der Waals surface area contributed by atoms with E-state index < -0.39 is 0 Å². The Kier molecular flexibility index (Phi) is 4.16. The second-order valence-electron chi connectivity index (χ2n) is 6.05. The zero-order valence-corrected chi connectivity index (χ0v) is 12.4. The summed E-state index contributed by atoms with van der Waals surface area (Å²) in [5, 5.41) is 4.20. The van der Waals surface area contributed by atoms with Gasteiger partial charge in [-0.15, -0.1) is 0 Å². The molecular weight excluding hydrogens is 270 g/mol. The largest absolute Gasteiger partial charge is 0.370 e. The third kappa shape index (κ3) is 3.09. The maximum Gasteiger partial charge on any atom is 0.188 e. The summed E-state index contributed by atoms with van der Waals surface area (Å²) in [6.07, 6.45) is 6.16. The smallest absolute Gasteiger partial charge is 0.188 e. The summed E-state index contributed by atoms with van der Waals surface area (Å²) in [6.45, 7) is 0.888. The molecule has 0 amide bonds. The lowest BCUT2D eigenvalue weighted by Crippen LogP contribution is -2.46. The second-order valence-corrected chi connectivity index (χ2v) is 6.46. The number of hydrogen-bond acceptors (Lipinski definition) is 1. The van der Waals surface area contributed by atoms with E-state index in [0.717, 1.165) is 30.3 Å². The fourth-order valence-electron chi connectivity index (χ4n) is 2.95. The summed E-state index contributed by atoms with van der Waals surface area (Å²) in [4.78, 5) is 4.44. The number of nitrogens with two attached hydrogens (primary N) is 1. The molecular formula is C16H22ClN3. The highest BCUT2D eigenvalue weighted by atomic mass is 35.5. The van der Waals surface area contributed by atoms with Gasteiger partial charge in [0.05, 0.1) is 0 Å². The molecule has 0 aliphatic heterocycles. The Balaban J connectivity index is 1.44. The third-order valence-corrected chi connectivity index (χ3v) is 4.92. The van der Waals surface area contributed by atoms with Gasteiger partial charge in [0.25, 0.3) is 0 Å². The van der Waals surface area contributed by atoms with Crippen LogP contribution in [0.1, 0.15) is 43.6 Å². The first kappa shape index (κ1) is 13.7.